The van der Waals surface area contributed by atoms with E-state index in [9.17, 15) is 5.11 Å². The molecule has 0 atom stereocenters. The van der Waals surface area contributed by atoms with Crippen molar-refractivity contribution in [3.05, 3.63) is 35.7 Å². The normalized spacial score (nSPS) is 10.1. The molecule has 0 aliphatic rings. The number of hydrogen-bond donors (Lipinski definition) is 1. The molecule has 14 heavy (non-hydrogen) atoms. The van der Waals surface area contributed by atoms with Gasteiger partial charge in [-0.1, -0.05) is 6.07 Å². The molecule has 0 bridgehead atoms. The Morgan fingerprint density at radius 3 is 2.79 bits per heavy atom. The van der Waals surface area contributed by atoms with Crippen molar-refractivity contribution in [2.75, 3.05) is 7.11 Å². The molecular weight excluding hydrogens is 196 g/mol. The van der Waals surface area contributed by atoms with Crippen LogP contribution in [0.1, 0.15) is 0 Å². The van der Waals surface area contributed by atoms with E-state index < -0.39 is 0 Å². The third-order valence-electron chi connectivity index (χ3n) is 1.99. The van der Waals surface area contributed by atoms with Crippen LogP contribution in [0.4, 0.5) is 0 Å². The molecule has 0 spiro atoms. The fourth-order valence-corrected chi connectivity index (χ4v) is 2.00. The second kappa shape index (κ2) is 3.72. The highest BCUT2D eigenvalue weighted by atomic mass is 32.1. The first kappa shape index (κ1) is 9.09. The van der Waals surface area contributed by atoms with Gasteiger partial charge in [0.2, 0.25) is 0 Å². The number of phenolic OH excluding ortho intramolecular Hbond substituents is 1. The summed E-state index contributed by atoms with van der Waals surface area (Å²) >= 11 is 1.66. The molecule has 1 N–H and O–H groups in total. The van der Waals surface area contributed by atoms with Gasteiger partial charge >= 0.3 is 0 Å². The highest BCUT2D eigenvalue weighted by Crippen LogP contribution is 2.33. The molecule has 2 aromatic rings. The lowest BCUT2D eigenvalue weighted by atomic mass is 10.1. The van der Waals surface area contributed by atoms with E-state index in [1.165, 1.54) is 4.88 Å². The number of ether oxygens (including phenoxy) is 1. The minimum Gasteiger partial charge on any atom is -0.504 e. The highest BCUT2D eigenvalue weighted by Gasteiger charge is 2.04. The summed E-state index contributed by atoms with van der Waals surface area (Å²) in [6.07, 6.45) is 0. The summed E-state index contributed by atoms with van der Waals surface area (Å²) < 4.78 is 5.04. The van der Waals surface area contributed by atoms with Gasteiger partial charge in [0.25, 0.3) is 0 Å². The van der Waals surface area contributed by atoms with E-state index in [1.54, 1.807) is 24.5 Å². The Labute approximate surface area is 86.4 Å². The topological polar surface area (TPSA) is 29.5 Å². The highest BCUT2D eigenvalue weighted by molar-refractivity contribution is 7.13. The van der Waals surface area contributed by atoms with Gasteiger partial charge in [-0.05, 0) is 35.2 Å². The maximum absolute atomic E-state index is 9.41. The van der Waals surface area contributed by atoms with Crippen LogP contribution in [0.3, 0.4) is 0 Å². The van der Waals surface area contributed by atoms with Crippen LogP contribution in [0.5, 0.6) is 11.5 Å². The zero-order valence-electron chi connectivity index (χ0n) is 7.73. The Kier molecular flexibility index (Phi) is 2.41. The van der Waals surface area contributed by atoms with Gasteiger partial charge in [-0.3, -0.25) is 0 Å². The summed E-state index contributed by atoms with van der Waals surface area (Å²) in [5, 5.41) is 11.4. The van der Waals surface area contributed by atoms with Crippen LogP contribution in [0.2, 0.25) is 0 Å². The van der Waals surface area contributed by atoms with Crippen LogP contribution in [0, 0.1) is 0 Å². The molecule has 0 aliphatic heterocycles. The van der Waals surface area contributed by atoms with E-state index in [1.807, 2.05) is 29.6 Å². The van der Waals surface area contributed by atoms with Crippen molar-refractivity contribution in [2.24, 2.45) is 0 Å². The Hall–Kier alpha value is -1.48. The largest absolute Gasteiger partial charge is 0.504 e. The number of rotatable bonds is 2. The third kappa shape index (κ3) is 1.59. The maximum Gasteiger partial charge on any atom is 0.161 e. The van der Waals surface area contributed by atoms with Crippen LogP contribution in [-0.4, -0.2) is 12.2 Å². The van der Waals surface area contributed by atoms with Crippen LogP contribution in [0.15, 0.2) is 35.7 Å². The third-order valence-corrected chi connectivity index (χ3v) is 2.90. The predicted molar refractivity (Wildman–Crippen MR) is 58.0 cm³/mol. The van der Waals surface area contributed by atoms with Crippen LogP contribution in [-0.2, 0) is 0 Å². The number of methoxy groups -OCH3 is 1. The molecule has 0 fully saturated rings. The lowest BCUT2D eigenvalue weighted by molar-refractivity contribution is 0.373. The number of hydrogen-bond acceptors (Lipinski definition) is 3. The van der Waals surface area contributed by atoms with Crippen molar-refractivity contribution in [3.8, 4) is 21.9 Å². The quantitative estimate of drug-likeness (QED) is 0.818. The van der Waals surface area contributed by atoms with Crippen molar-refractivity contribution < 1.29 is 9.84 Å². The van der Waals surface area contributed by atoms with Gasteiger partial charge in [0, 0.05) is 4.88 Å². The van der Waals surface area contributed by atoms with Crippen LogP contribution in [0.25, 0.3) is 10.4 Å². The SMILES string of the molecule is COc1cc(-c2cccs2)ccc1O. The van der Waals surface area contributed by atoms with Gasteiger partial charge in [0.15, 0.2) is 11.5 Å². The van der Waals surface area contributed by atoms with Crippen LogP contribution < -0.4 is 4.74 Å². The van der Waals surface area contributed by atoms with Gasteiger partial charge in [-0.25, -0.2) is 0 Å². The molecule has 0 unspecified atom stereocenters. The number of benzene rings is 1. The predicted octanol–water partition coefficient (Wildman–Crippen LogP) is 3.13. The van der Waals surface area contributed by atoms with Gasteiger partial charge in [0.05, 0.1) is 7.11 Å². The first-order chi connectivity index (χ1) is 6.81. The summed E-state index contributed by atoms with van der Waals surface area (Å²) in [6.45, 7) is 0. The minimum absolute atomic E-state index is 0.174. The average molecular weight is 206 g/mol. The summed E-state index contributed by atoms with van der Waals surface area (Å²) in [7, 11) is 1.55. The molecule has 0 radical (unpaired) electrons. The van der Waals surface area contributed by atoms with E-state index >= 15 is 0 Å². The van der Waals surface area contributed by atoms with Crippen molar-refractivity contribution in [3.63, 3.8) is 0 Å². The van der Waals surface area contributed by atoms with Gasteiger partial charge in [-0.15, -0.1) is 11.3 Å². The van der Waals surface area contributed by atoms with E-state index in [4.69, 9.17) is 4.74 Å². The first-order valence-electron chi connectivity index (χ1n) is 4.22. The molecule has 1 heterocycles. The molecule has 72 valence electrons. The van der Waals surface area contributed by atoms with Gasteiger partial charge in [-0.2, -0.15) is 0 Å². The molecule has 0 aliphatic carbocycles. The standard InChI is InChI=1S/C11H10O2S/c1-13-10-7-8(4-5-9(10)12)11-3-2-6-14-11/h2-7,12H,1H3. The van der Waals surface area contributed by atoms with E-state index in [-0.39, 0.29) is 5.75 Å². The number of thiophene rings is 1. The van der Waals surface area contributed by atoms with Gasteiger partial charge in [0.1, 0.15) is 0 Å². The number of phenols is 1. The van der Waals surface area contributed by atoms with Crippen molar-refractivity contribution in [2.45, 2.75) is 0 Å². The zero-order valence-corrected chi connectivity index (χ0v) is 8.54. The zero-order chi connectivity index (χ0) is 9.97. The smallest absolute Gasteiger partial charge is 0.161 e. The molecule has 2 rings (SSSR count). The summed E-state index contributed by atoms with van der Waals surface area (Å²) in [6, 6.07) is 9.40. The van der Waals surface area contributed by atoms with E-state index in [2.05, 4.69) is 0 Å². The molecule has 2 nitrogen and oxygen atoms in total. The molecule has 0 saturated heterocycles. The maximum atomic E-state index is 9.41. The fraction of sp³-hybridized carbons (Fsp3) is 0.0909. The number of aromatic hydroxyl groups is 1. The first-order valence-corrected chi connectivity index (χ1v) is 5.10. The molecular formula is C11H10O2S. The second-order valence-electron chi connectivity index (χ2n) is 2.86. The van der Waals surface area contributed by atoms with E-state index in [0.717, 1.165) is 5.56 Å². The Bertz CT molecular complexity index is 421. The van der Waals surface area contributed by atoms with Crippen LogP contribution >= 0.6 is 11.3 Å². The molecule has 0 amide bonds. The summed E-state index contributed by atoms with van der Waals surface area (Å²) in [4.78, 5) is 1.17. The van der Waals surface area contributed by atoms with Crippen molar-refractivity contribution in [1.82, 2.24) is 0 Å². The molecule has 3 heteroatoms. The van der Waals surface area contributed by atoms with Crippen molar-refractivity contribution >= 4 is 11.3 Å². The Morgan fingerprint density at radius 1 is 1.29 bits per heavy atom. The second-order valence-corrected chi connectivity index (χ2v) is 3.81. The van der Waals surface area contributed by atoms with E-state index in [0.29, 0.717) is 5.75 Å². The molecule has 1 aromatic carbocycles. The summed E-state index contributed by atoms with van der Waals surface area (Å²) in [5.41, 5.74) is 1.06. The fourth-order valence-electron chi connectivity index (χ4n) is 1.27. The average Bonchev–Trinajstić information content (AvgIpc) is 2.71. The lowest BCUT2D eigenvalue weighted by Crippen LogP contribution is -1.83. The minimum atomic E-state index is 0.174. The Balaban J connectivity index is 2.46. The van der Waals surface area contributed by atoms with Crippen molar-refractivity contribution in [1.29, 1.82) is 0 Å². The monoisotopic (exact) mass is 206 g/mol. The molecule has 1 aromatic heterocycles. The molecule has 0 saturated carbocycles. The Morgan fingerprint density at radius 2 is 2.14 bits per heavy atom. The summed E-state index contributed by atoms with van der Waals surface area (Å²) in [5.74, 6) is 0.684. The lowest BCUT2D eigenvalue weighted by Gasteiger charge is -2.04. The van der Waals surface area contributed by atoms with Gasteiger partial charge < -0.3 is 9.84 Å².